The number of amides is 2. The van der Waals surface area contributed by atoms with Gasteiger partial charge in [-0.15, -0.1) is 0 Å². The Kier molecular flexibility index (Phi) is 12.1. The van der Waals surface area contributed by atoms with Crippen LogP contribution in [-0.2, 0) is 27.7 Å². The number of aromatic carboxylic acids is 1. The third-order valence-corrected chi connectivity index (χ3v) is 11.6. The normalized spacial score (nSPS) is 16.0. The Hall–Kier alpha value is -4.85. The van der Waals surface area contributed by atoms with E-state index in [0.29, 0.717) is 35.8 Å². The Bertz CT molecular complexity index is 2030. The average molecular weight is 777 g/mol. The quantitative estimate of drug-likeness (QED) is 0.112. The van der Waals surface area contributed by atoms with Crippen LogP contribution in [0.4, 0.5) is 11.4 Å². The van der Waals surface area contributed by atoms with E-state index in [2.05, 4.69) is 26.6 Å². The molecule has 11 nitrogen and oxygen atoms in total. The van der Waals surface area contributed by atoms with Crippen LogP contribution in [0.3, 0.4) is 0 Å². The highest BCUT2D eigenvalue weighted by Gasteiger charge is 2.35. The molecule has 0 spiro atoms. The molecule has 5 rings (SSSR count). The largest absolute Gasteiger partial charge is 0.481 e. The van der Waals surface area contributed by atoms with Crippen LogP contribution >= 0.6 is 15.9 Å². The van der Waals surface area contributed by atoms with Gasteiger partial charge in [0, 0.05) is 28.3 Å². The molecule has 0 atom stereocenters. The molecule has 13 heteroatoms. The van der Waals surface area contributed by atoms with E-state index in [1.165, 1.54) is 28.6 Å². The van der Waals surface area contributed by atoms with E-state index in [-0.39, 0.29) is 39.9 Å². The van der Waals surface area contributed by atoms with Crippen molar-refractivity contribution in [1.29, 1.82) is 0 Å². The topological polar surface area (TPSA) is 170 Å². The van der Waals surface area contributed by atoms with Gasteiger partial charge in [0.05, 0.1) is 27.6 Å². The number of nitrogens with one attached hydrogen (secondary N) is 2. The van der Waals surface area contributed by atoms with Crippen LogP contribution in [0.2, 0.25) is 0 Å². The molecular formula is C38H38BrN3O8S. The minimum atomic E-state index is -3.99. The summed E-state index contributed by atoms with van der Waals surface area (Å²) in [6, 6.07) is 24.3. The fourth-order valence-corrected chi connectivity index (χ4v) is 8.34. The van der Waals surface area contributed by atoms with E-state index in [1.54, 1.807) is 61.5 Å². The molecule has 4 N–H and O–H groups in total. The van der Waals surface area contributed by atoms with Crippen molar-refractivity contribution < 1.29 is 37.8 Å². The second-order valence-electron chi connectivity index (χ2n) is 12.4. The van der Waals surface area contributed by atoms with Gasteiger partial charge in [-0.05, 0) is 110 Å². The van der Waals surface area contributed by atoms with Crippen molar-refractivity contribution >= 4 is 61.1 Å². The lowest BCUT2D eigenvalue weighted by atomic mass is 9.86. The third kappa shape index (κ3) is 9.29. The molecule has 2 amide bonds. The van der Waals surface area contributed by atoms with Crippen LogP contribution in [-0.4, -0.2) is 59.3 Å². The number of hydrogen-bond donors (Lipinski definition) is 4. The summed E-state index contributed by atoms with van der Waals surface area (Å²) in [5, 5.41) is 24.0. The van der Waals surface area contributed by atoms with Crippen molar-refractivity contribution in [3.63, 3.8) is 0 Å². The lowest BCUT2D eigenvalue weighted by molar-refractivity contribution is -0.143. The molecule has 0 saturated heterocycles. The molecular weight excluding hydrogens is 738 g/mol. The summed E-state index contributed by atoms with van der Waals surface area (Å²) in [6.07, 6.45) is 3.11. The minimum Gasteiger partial charge on any atom is -0.481 e. The summed E-state index contributed by atoms with van der Waals surface area (Å²) < 4.78 is 29.5. The summed E-state index contributed by atoms with van der Waals surface area (Å²) in [5.41, 5.74) is 3.32. The molecule has 0 aliphatic heterocycles. The summed E-state index contributed by atoms with van der Waals surface area (Å²) in [5.74, 6) is -3.38. The van der Waals surface area contributed by atoms with E-state index < -0.39 is 39.7 Å². The molecule has 0 heterocycles. The number of carbonyl (C=O) groups is 4. The number of rotatable bonds is 13. The molecule has 4 aromatic rings. The van der Waals surface area contributed by atoms with E-state index in [9.17, 15) is 32.7 Å². The Morgan fingerprint density at radius 1 is 0.765 bits per heavy atom. The van der Waals surface area contributed by atoms with Gasteiger partial charge in [-0.1, -0.05) is 53.2 Å². The maximum atomic E-state index is 13.7. The first-order valence-corrected chi connectivity index (χ1v) is 18.8. The number of carboxylic acids is 2. The van der Waals surface area contributed by atoms with Crippen molar-refractivity contribution in [2.24, 2.45) is 5.92 Å². The fraction of sp³-hybridized carbons (Fsp3) is 0.263. The summed E-state index contributed by atoms with van der Waals surface area (Å²) in [6.45, 7) is 1.93. The predicted molar refractivity (Wildman–Crippen MR) is 197 cm³/mol. The van der Waals surface area contributed by atoms with E-state index in [4.69, 9.17) is 5.11 Å². The molecule has 1 fully saturated rings. The maximum Gasteiger partial charge on any atom is 0.335 e. The first-order valence-electron chi connectivity index (χ1n) is 16.5. The third-order valence-electron chi connectivity index (χ3n) is 9.06. The van der Waals surface area contributed by atoms with Crippen molar-refractivity contribution in [2.45, 2.75) is 56.4 Å². The maximum absolute atomic E-state index is 13.7. The van der Waals surface area contributed by atoms with Crippen LogP contribution in [0.25, 0.3) is 0 Å². The van der Waals surface area contributed by atoms with Crippen molar-refractivity contribution in [1.82, 2.24) is 4.31 Å². The molecule has 1 aliphatic carbocycles. The van der Waals surface area contributed by atoms with Gasteiger partial charge >= 0.3 is 11.9 Å². The highest BCUT2D eigenvalue weighted by molar-refractivity contribution is 9.10. The van der Waals surface area contributed by atoms with Gasteiger partial charge in [-0.25, -0.2) is 13.2 Å². The van der Waals surface area contributed by atoms with Crippen molar-refractivity contribution in [2.75, 3.05) is 17.2 Å². The molecule has 0 radical (unpaired) electrons. The molecule has 266 valence electrons. The Labute approximate surface area is 304 Å². The van der Waals surface area contributed by atoms with Crippen LogP contribution in [0, 0.1) is 5.92 Å². The second kappa shape index (κ2) is 16.4. The van der Waals surface area contributed by atoms with Gasteiger partial charge in [0.2, 0.25) is 10.0 Å². The zero-order valence-corrected chi connectivity index (χ0v) is 30.2. The van der Waals surface area contributed by atoms with Crippen molar-refractivity contribution in [3.05, 3.63) is 123 Å². The number of halogens is 1. The number of hydrogen-bond acceptors (Lipinski definition) is 6. The highest BCUT2D eigenvalue weighted by atomic mass is 79.9. The zero-order valence-electron chi connectivity index (χ0n) is 27.8. The summed E-state index contributed by atoms with van der Waals surface area (Å²) in [4.78, 5) is 49.3. The lowest BCUT2D eigenvalue weighted by Crippen LogP contribution is -2.42. The Morgan fingerprint density at radius 3 is 1.98 bits per heavy atom. The van der Waals surface area contributed by atoms with Gasteiger partial charge in [-0.3, -0.25) is 14.4 Å². The minimum absolute atomic E-state index is 0.0518. The summed E-state index contributed by atoms with van der Waals surface area (Å²) in [7, 11) is -3.99. The molecule has 1 aliphatic rings. The van der Waals surface area contributed by atoms with E-state index in [0.717, 1.165) is 24.0 Å². The fourth-order valence-electron chi connectivity index (χ4n) is 6.24. The lowest BCUT2D eigenvalue weighted by Gasteiger charge is -2.34. The first kappa shape index (κ1) is 37.4. The monoisotopic (exact) mass is 775 g/mol. The van der Waals surface area contributed by atoms with Gasteiger partial charge in [0.15, 0.2) is 0 Å². The number of sulfonamides is 1. The standard InChI is InChI=1S/C38H38BrN3O8S/c1-2-42(31-19-14-27(15-20-31)38(47)48)51(49,50)32-5-3-4-28(22-32)35(43)41-34-23-29(39)16-21-33(34)36(44)40-30-17-10-25(11-18-30)7-6-24-8-12-26(13-9-24)37(45)46/h3-5,8-13,16-18,21-23,27,31H,2,6-7,14-15,19-20H2,1H3,(H,40,44)(H,41,43)(H,45,46)(H,47,48). The van der Waals surface area contributed by atoms with Crippen LogP contribution in [0.1, 0.15) is 74.8 Å². The Morgan fingerprint density at radius 2 is 1.39 bits per heavy atom. The van der Waals surface area contributed by atoms with Gasteiger partial charge in [0.25, 0.3) is 11.8 Å². The molecule has 0 unspecified atom stereocenters. The number of aliphatic carboxylic acids is 1. The Balaban J connectivity index is 1.25. The smallest absolute Gasteiger partial charge is 0.335 e. The van der Waals surface area contributed by atoms with E-state index >= 15 is 0 Å². The van der Waals surface area contributed by atoms with Gasteiger partial charge in [0.1, 0.15) is 0 Å². The number of aryl methyl sites for hydroxylation is 2. The van der Waals surface area contributed by atoms with Crippen molar-refractivity contribution in [3.8, 4) is 0 Å². The number of anilines is 2. The van der Waals surface area contributed by atoms with E-state index in [1.807, 2.05) is 12.1 Å². The molecule has 51 heavy (non-hydrogen) atoms. The number of carbonyl (C=O) groups excluding carboxylic acids is 2. The molecule has 0 bridgehead atoms. The van der Waals surface area contributed by atoms with Crippen LogP contribution in [0.15, 0.2) is 100 Å². The zero-order chi connectivity index (χ0) is 36.7. The van der Waals surface area contributed by atoms with Crippen LogP contribution in [0.5, 0.6) is 0 Å². The SMILES string of the molecule is CCN(C1CCC(C(=O)O)CC1)S(=O)(=O)c1cccc(C(=O)Nc2cc(Br)ccc2C(=O)Nc2ccc(CCc3ccc(C(=O)O)cc3)cc2)c1. The molecule has 0 aromatic heterocycles. The molecule has 1 saturated carbocycles. The van der Waals surface area contributed by atoms with Gasteiger partial charge < -0.3 is 20.8 Å². The second-order valence-corrected chi connectivity index (χ2v) is 15.2. The average Bonchev–Trinajstić information content (AvgIpc) is 3.12. The number of carboxylic acid groups (broad SMARTS) is 2. The molecule has 4 aromatic carbocycles. The van der Waals surface area contributed by atoms with Crippen LogP contribution < -0.4 is 10.6 Å². The van der Waals surface area contributed by atoms with Gasteiger partial charge in [-0.2, -0.15) is 4.31 Å². The summed E-state index contributed by atoms with van der Waals surface area (Å²) >= 11 is 3.39. The number of benzene rings is 4. The number of nitrogens with zero attached hydrogens (tertiary/aromatic N) is 1. The predicted octanol–water partition coefficient (Wildman–Crippen LogP) is 7.09. The highest BCUT2D eigenvalue weighted by Crippen LogP contribution is 2.31. The first-order chi connectivity index (χ1) is 24.3.